The minimum absolute atomic E-state index is 0.0257. The Hall–Kier alpha value is -4.03. The van der Waals surface area contributed by atoms with Gasteiger partial charge in [0.05, 0.1) is 46.2 Å². The number of sulfone groups is 1. The number of nitrogens with one attached hydrogen (secondary N) is 1. The molecular weight excluding hydrogens is 496 g/mol. The maximum absolute atomic E-state index is 13.7. The maximum Gasteiger partial charge on any atom is 0.278 e. The van der Waals surface area contributed by atoms with E-state index in [-0.39, 0.29) is 16.1 Å². The van der Waals surface area contributed by atoms with Crippen molar-refractivity contribution >= 4 is 38.2 Å². The van der Waals surface area contributed by atoms with Crippen LogP contribution in [0.15, 0.2) is 59.9 Å². The van der Waals surface area contributed by atoms with E-state index in [1.54, 1.807) is 47.7 Å². The number of hydrogen-bond donors (Lipinski definition) is 2. The van der Waals surface area contributed by atoms with Crippen molar-refractivity contribution in [3.05, 3.63) is 66.2 Å². The highest BCUT2D eigenvalue weighted by Gasteiger charge is 2.32. The fourth-order valence-corrected chi connectivity index (χ4v) is 5.36. The summed E-state index contributed by atoms with van der Waals surface area (Å²) in [6.07, 6.45) is 4.36. The Morgan fingerprint density at radius 2 is 1.86 bits per heavy atom. The summed E-state index contributed by atoms with van der Waals surface area (Å²) >= 11 is 0. The molecule has 1 aromatic carbocycles. The van der Waals surface area contributed by atoms with Crippen molar-refractivity contribution in [1.82, 2.24) is 25.2 Å². The number of carbonyl (C=O) groups excluding carboxylic acids is 1. The van der Waals surface area contributed by atoms with E-state index in [1.807, 2.05) is 20.8 Å². The van der Waals surface area contributed by atoms with Crippen LogP contribution >= 0.6 is 0 Å². The van der Waals surface area contributed by atoms with Crippen molar-refractivity contribution in [3.8, 4) is 5.75 Å². The Balaban J connectivity index is 2.04. The third kappa shape index (κ3) is 4.98. The van der Waals surface area contributed by atoms with Crippen molar-refractivity contribution in [2.75, 3.05) is 17.9 Å². The number of methoxy groups -OCH3 is 1. The predicted molar refractivity (Wildman–Crippen MR) is 138 cm³/mol. The lowest BCUT2D eigenvalue weighted by Gasteiger charge is -2.28. The first-order chi connectivity index (χ1) is 17.5. The lowest BCUT2D eigenvalue weighted by molar-refractivity contribution is 0.0706. The number of amides is 1. The molecule has 0 bridgehead atoms. The molecule has 0 fully saturated rings. The summed E-state index contributed by atoms with van der Waals surface area (Å²) < 4.78 is 34.1. The number of aryl methyl sites for hydroxylation is 1. The second-order valence-electron chi connectivity index (χ2n) is 9.44. The quantitative estimate of drug-likeness (QED) is 0.275. The van der Waals surface area contributed by atoms with Crippen LogP contribution in [0.4, 0.5) is 11.4 Å². The molecule has 11 nitrogen and oxygen atoms in total. The van der Waals surface area contributed by atoms with Crippen molar-refractivity contribution in [2.24, 2.45) is 7.05 Å². The van der Waals surface area contributed by atoms with Crippen LogP contribution in [0, 0.1) is 0 Å². The molecule has 0 aliphatic carbocycles. The Labute approximate surface area is 214 Å². The van der Waals surface area contributed by atoms with Crippen LogP contribution < -0.4 is 15.1 Å². The number of ether oxygens (including phenoxy) is 1. The number of fused-ring (bicyclic) bond motifs is 1. The van der Waals surface area contributed by atoms with Crippen LogP contribution in [-0.4, -0.2) is 52.3 Å². The molecule has 0 unspecified atom stereocenters. The second-order valence-corrected chi connectivity index (χ2v) is 11.4. The average molecular weight is 525 g/mol. The van der Waals surface area contributed by atoms with Crippen LogP contribution in [0.25, 0.3) is 11.0 Å². The average Bonchev–Trinajstić information content (AvgIpc) is 3.24. The summed E-state index contributed by atoms with van der Waals surface area (Å²) in [6.45, 7) is 5.87. The third-order valence-electron chi connectivity index (χ3n) is 5.83. The SMILES string of the molecule is COc1ccc(S(=O)(=O)CN(c2cccnc2)c2c(C(=O)NO)cnc3c2c(C(C)(C)C)nn3C)cc1. The number of anilines is 2. The molecular formula is C25H28N6O5S. The molecule has 0 aliphatic heterocycles. The van der Waals surface area contributed by atoms with Crippen LogP contribution in [0.2, 0.25) is 0 Å². The van der Waals surface area contributed by atoms with Crippen LogP contribution in [-0.2, 0) is 22.3 Å². The number of benzene rings is 1. The minimum Gasteiger partial charge on any atom is -0.497 e. The monoisotopic (exact) mass is 524 g/mol. The van der Waals surface area contributed by atoms with Gasteiger partial charge in [-0.1, -0.05) is 20.8 Å². The minimum atomic E-state index is -3.94. The summed E-state index contributed by atoms with van der Waals surface area (Å²) in [6, 6.07) is 9.41. The van der Waals surface area contributed by atoms with E-state index in [0.29, 0.717) is 28.2 Å². The lowest BCUT2D eigenvalue weighted by atomic mass is 9.89. The van der Waals surface area contributed by atoms with Gasteiger partial charge in [-0.05, 0) is 36.4 Å². The molecule has 0 atom stereocenters. The lowest BCUT2D eigenvalue weighted by Crippen LogP contribution is -2.30. The first-order valence-corrected chi connectivity index (χ1v) is 13.0. The highest BCUT2D eigenvalue weighted by molar-refractivity contribution is 7.91. The highest BCUT2D eigenvalue weighted by Crippen LogP contribution is 2.40. The van der Waals surface area contributed by atoms with E-state index >= 15 is 0 Å². The van der Waals surface area contributed by atoms with Crippen LogP contribution in [0.3, 0.4) is 0 Å². The number of aromatic nitrogens is 4. The van der Waals surface area contributed by atoms with Gasteiger partial charge in [0.15, 0.2) is 15.5 Å². The van der Waals surface area contributed by atoms with Gasteiger partial charge in [-0.2, -0.15) is 5.10 Å². The largest absolute Gasteiger partial charge is 0.497 e. The molecule has 4 rings (SSSR count). The first-order valence-electron chi connectivity index (χ1n) is 11.3. The van der Waals surface area contributed by atoms with Gasteiger partial charge in [-0.3, -0.25) is 19.7 Å². The van der Waals surface area contributed by atoms with E-state index in [9.17, 15) is 18.4 Å². The van der Waals surface area contributed by atoms with Crippen molar-refractivity contribution < 1.29 is 23.2 Å². The fourth-order valence-electron chi connectivity index (χ4n) is 4.04. The highest BCUT2D eigenvalue weighted by atomic mass is 32.2. The topological polar surface area (TPSA) is 140 Å². The van der Waals surface area contributed by atoms with Gasteiger partial charge in [0.2, 0.25) is 0 Å². The van der Waals surface area contributed by atoms with Crippen LogP contribution in [0.5, 0.6) is 5.75 Å². The molecule has 194 valence electrons. The molecule has 1 amide bonds. The summed E-state index contributed by atoms with van der Waals surface area (Å²) in [4.78, 5) is 23.0. The molecule has 0 radical (unpaired) electrons. The molecule has 37 heavy (non-hydrogen) atoms. The zero-order valence-corrected chi connectivity index (χ0v) is 21.9. The van der Waals surface area contributed by atoms with Gasteiger partial charge in [0.25, 0.3) is 5.91 Å². The van der Waals surface area contributed by atoms with Gasteiger partial charge in [-0.25, -0.2) is 18.9 Å². The Morgan fingerprint density at radius 1 is 1.16 bits per heavy atom. The zero-order valence-electron chi connectivity index (χ0n) is 21.1. The summed E-state index contributed by atoms with van der Waals surface area (Å²) in [5.74, 6) is -0.858. The van der Waals surface area contributed by atoms with E-state index in [0.717, 1.165) is 0 Å². The molecule has 3 aromatic heterocycles. The van der Waals surface area contributed by atoms with Crippen molar-refractivity contribution in [1.29, 1.82) is 0 Å². The van der Waals surface area contributed by atoms with Crippen molar-refractivity contribution in [3.63, 3.8) is 0 Å². The first kappa shape index (κ1) is 26.0. The van der Waals surface area contributed by atoms with E-state index < -0.39 is 27.0 Å². The maximum atomic E-state index is 13.7. The van der Waals surface area contributed by atoms with Gasteiger partial charge in [-0.15, -0.1) is 0 Å². The molecule has 0 aliphatic rings. The number of nitrogens with zero attached hydrogens (tertiary/aromatic N) is 5. The summed E-state index contributed by atoms with van der Waals surface area (Å²) in [7, 11) is -0.718. The third-order valence-corrected chi connectivity index (χ3v) is 7.42. The Bertz CT molecular complexity index is 1540. The number of hydroxylamine groups is 1. The van der Waals surface area contributed by atoms with Gasteiger partial charge >= 0.3 is 0 Å². The molecule has 0 saturated carbocycles. The standard InChI is InChI=1S/C25H28N6O5S/c1-25(2,3)22-20-21(19(24(32)29-33)14-27-23(20)30(4)28-22)31(16-7-6-12-26-13-16)15-37(34,35)18-10-8-17(36-5)9-11-18/h6-14,33H,15H2,1-5H3,(H,29,32). The van der Waals surface area contributed by atoms with Gasteiger partial charge < -0.3 is 9.64 Å². The zero-order chi connectivity index (χ0) is 27.0. The molecule has 12 heteroatoms. The van der Waals surface area contributed by atoms with Gasteiger partial charge in [0, 0.05) is 24.9 Å². The molecule has 2 N–H and O–H groups in total. The molecule has 0 saturated heterocycles. The van der Waals surface area contributed by atoms with Crippen molar-refractivity contribution in [2.45, 2.75) is 31.1 Å². The smallest absolute Gasteiger partial charge is 0.278 e. The van der Waals surface area contributed by atoms with E-state index in [2.05, 4.69) is 15.1 Å². The Kier molecular flexibility index (Phi) is 6.89. The van der Waals surface area contributed by atoms with Gasteiger partial charge in [0.1, 0.15) is 11.6 Å². The number of hydrogen-bond acceptors (Lipinski definition) is 9. The molecule has 4 aromatic rings. The molecule has 3 heterocycles. The number of rotatable bonds is 7. The second kappa shape index (κ2) is 9.79. The fraction of sp³-hybridized carbons (Fsp3) is 0.280. The summed E-state index contributed by atoms with van der Waals surface area (Å²) in [5, 5.41) is 14.7. The Morgan fingerprint density at radius 3 is 2.43 bits per heavy atom. The predicted octanol–water partition coefficient (Wildman–Crippen LogP) is 3.36. The summed E-state index contributed by atoms with van der Waals surface area (Å²) in [5.41, 5.74) is 2.85. The van der Waals surface area contributed by atoms with Crippen LogP contribution in [0.1, 0.15) is 36.8 Å². The van der Waals surface area contributed by atoms with E-state index in [4.69, 9.17) is 4.74 Å². The molecule has 0 spiro atoms. The van der Waals surface area contributed by atoms with E-state index in [1.165, 1.54) is 36.5 Å². The normalized spacial score (nSPS) is 11.9. The number of pyridine rings is 2. The number of carbonyl (C=O) groups is 1.